The number of furan rings is 2. The van der Waals surface area contributed by atoms with Crippen LogP contribution in [-0.2, 0) is 4.79 Å². The number of hydrogen-bond acceptors (Lipinski definition) is 5. The van der Waals surface area contributed by atoms with Crippen molar-refractivity contribution in [3.63, 3.8) is 0 Å². The van der Waals surface area contributed by atoms with Gasteiger partial charge < -0.3 is 8.83 Å². The van der Waals surface area contributed by atoms with Gasteiger partial charge in [0.05, 0.1) is 19.1 Å². The fourth-order valence-electron chi connectivity index (χ4n) is 4.05. The Morgan fingerprint density at radius 2 is 2.00 bits per heavy atom. The lowest BCUT2D eigenvalue weighted by Crippen LogP contribution is -2.42. The molecule has 2 aromatic rings. The molecule has 0 aromatic carbocycles. The van der Waals surface area contributed by atoms with Crippen molar-refractivity contribution in [3.05, 3.63) is 48.3 Å². The van der Waals surface area contributed by atoms with Crippen molar-refractivity contribution in [3.8, 4) is 0 Å². The standard InChI is InChI=1S/C20H25N3O3/c1-2-22(15-7-3-4-8-15)14-20(24)23-17(19-10-6-12-26-19)13-16(21-23)18-9-5-11-25-18/h5-6,9-12,15,17H,2-4,7-8,13-14H2,1H3. The minimum absolute atomic E-state index is 0.0155. The van der Waals surface area contributed by atoms with Gasteiger partial charge in [0.15, 0.2) is 0 Å². The van der Waals surface area contributed by atoms with Gasteiger partial charge >= 0.3 is 0 Å². The Morgan fingerprint density at radius 3 is 2.65 bits per heavy atom. The second kappa shape index (κ2) is 7.50. The predicted molar refractivity (Wildman–Crippen MR) is 97.7 cm³/mol. The van der Waals surface area contributed by atoms with Crippen molar-refractivity contribution in [1.82, 2.24) is 9.91 Å². The monoisotopic (exact) mass is 355 g/mol. The first-order chi connectivity index (χ1) is 12.8. The molecule has 1 aliphatic heterocycles. The highest BCUT2D eigenvalue weighted by Gasteiger charge is 2.36. The van der Waals surface area contributed by atoms with Crippen molar-refractivity contribution in [2.75, 3.05) is 13.1 Å². The van der Waals surface area contributed by atoms with Crippen LogP contribution in [0.25, 0.3) is 0 Å². The van der Waals surface area contributed by atoms with Gasteiger partial charge in [-0.3, -0.25) is 9.69 Å². The van der Waals surface area contributed by atoms with E-state index in [2.05, 4.69) is 16.9 Å². The third-order valence-corrected chi connectivity index (χ3v) is 5.43. The molecule has 1 amide bonds. The molecule has 1 aliphatic carbocycles. The number of nitrogens with zero attached hydrogens (tertiary/aromatic N) is 3. The zero-order valence-electron chi connectivity index (χ0n) is 15.1. The summed E-state index contributed by atoms with van der Waals surface area (Å²) in [6.45, 7) is 3.40. The Hall–Kier alpha value is -2.34. The first kappa shape index (κ1) is 17.1. The van der Waals surface area contributed by atoms with Crippen LogP contribution in [0.4, 0.5) is 0 Å². The topological polar surface area (TPSA) is 62.2 Å². The van der Waals surface area contributed by atoms with Gasteiger partial charge in [-0.1, -0.05) is 19.8 Å². The summed E-state index contributed by atoms with van der Waals surface area (Å²) in [5, 5.41) is 6.19. The maximum Gasteiger partial charge on any atom is 0.257 e. The molecule has 0 radical (unpaired) electrons. The van der Waals surface area contributed by atoms with E-state index in [4.69, 9.17) is 8.83 Å². The largest absolute Gasteiger partial charge is 0.467 e. The average molecular weight is 355 g/mol. The summed E-state index contributed by atoms with van der Waals surface area (Å²) in [4.78, 5) is 15.4. The number of carbonyl (C=O) groups is 1. The van der Waals surface area contributed by atoms with Gasteiger partial charge in [0.25, 0.3) is 5.91 Å². The van der Waals surface area contributed by atoms with Crippen molar-refractivity contribution in [2.45, 2.75) is 51.1 Å². The number of hydrazone groups is 1. The molecule has 2 aliphatic rings. The quantitative estimate of drug-likeness (QED) is 0.790. The first-order valence-electron chi connectivity index (χ1n) is 9.47. The van der Waals surface area contributed by atoms with Crippen LogP contribution in [0.5, 0.6) is 0 Å². The van der Waals surface area contributed by atoms with E-state index >= 15 is 0 Å². The molecule has 6 nitrogen and oxygen atoms in total. The molecule has 4 rings (SSSR count). The molecule has 0 spiro atoms. The van der Waals surface area contributed by atoms with E-state index in [0.717, 1.165) is 18.0 Å². The maximum absolute atomic E-state index is 13.1. The van der Waals surface area contributed by atoms with Gasteiger partial charge in [-0.25, -0.2) is 5.01 Å². The highest BCUT2D eigenvalue weighted by atomic mass is 16.3. The summed E-state index contributed by atoms with van der Waals surface area (Å²) >= 11 is 0. The van der Waals surface area contributed by atoms with Crippen LogP contribution in [0.15, 0.2) is 50.7 Å². The van der Waals surface area contributed by atoms with E-state index in [1.54, 1.807) is 17.5 Å². The van der Waals surface area contributed by atoms with Crippen LogP contribution in [-0.4, -0.2) is 40.7 Å². The van der Waals surface area contributed by atoms with E-state index < -0.39 is 0 Å². The zero-order chi connectivity index (χ0) is 17.9. The summed E-state index contributed by atoms with van der Waals surface area (Å²) in [5.41, 5.74) is 0.786. The van der Waals surface area contributed by atoms with Gasteiger partial charge in [-0.05, 0) is 43.7 Å². The molecule has 0 saturated heterocycles. The Bertz CT molecular complexity index is 745. The predicted octanol–water partition coefficient (Wildman–Crippen LogP) is 3.81. The lowest BCUT2D eigenvalue weighted by Gasteiger charge is -2.29. The average Bonchev–Trinajstić information content (AvgIpc) is 3.43. The van der Waals surface area contributed by atoms with Gasteiger partial charge in [-0.15, -0.1) is 0 Å². The fourth-order valence-corrected chi connectivity index (χ4v) is 4.05. The summed E-state index contributed by atoms with van der Waals surface area (Å²) in [5.74, 6) is 1.48. The van der Waals surface area contributed by atoms with Gasteiger partial charge in [0, 0.05) is 12.5 Å². The Morgan fingerprint density at radius 1 is 1.23 bits per heavy atom. The number of hydrogen-bond donors (Lipinski definition) is 0. The molecular formula is C20H25N3O3. The zero-order valence-corrected chi connectivity index (χ0v) is 15.1. The summed E-state index contributed by atoms with van der Waals surface area (Å²) in [6.07, 6.45) is 8.75. The molecule has 138 valence electrons. The number of carbonyl (C=O) groups excluding carboxylic acids is 1. The lowest BCUT2D eigenvalue weighted by molar-refractivity contribution is -0.135. The fraction of sp³-hybridized carbons (Fsp3) is 0.500. The molecule has 1 saturated carbocycles. The third kappa shape index (κ3) is 3.33. The summed E-state index contributed by atoms with van der Waals surface area (Å²) in [7, 11) is 0. The number of likely N-dealkylation sites (N-methyl/N-ethyl adjacent to an activating group) is 1. The second-order valence-corrected chi connectivity index (χ2v) is 7.00. The number of rotatable bonds is 6. The summed E-state index contributed by atoms with van der Waals surface area (Å²) in [6, 6.07) is 7.77. The smallest absolute Gasteiger partial charge is 0.257 e. The van der Waals surface area contributed by atoms with Crippen molar-refractivity contribution >= 4 is 11.6 Å². The lowest BCUT2D eigenvalue weighted by atomic mass is 10.1. The molecule has 1 unspecified atom stereocenters. The molecule has 0 N–H and O–H groups in total. The Labute approximate surface area is 153 Å². The van der Waals surface area contributed by atoms with E-state index in [0.29, 0.717) is 24.8 Å². The van der Waals surface area contributed by atoms with E-state index in [1.165, 1.54) is 25.7 Å². The Kier molecular flexibility index (Phi) is 4.93. The van der Waals surface area contributed by atoms with E-state index in [-0.39, 0.29) is 11.9 Å². The van der Waals surface area contributed by atoms with Crippen molar-refractivity contribution in [1.29, 1.82) is 0 Å². The maximum atomic E-state index is 13.1. The van der Waals surface area contributed by atoms with E-state index in [9.17, 15) is 4.79 Å². The molecular weight excluding hydrogens is 330 g/mol. The Balaban J connectivity index is 1.54. The van der Waals surface area contributed by atoms with E-state index in [1.807, 2.05) is 24.3 Å². The first-order valence-corrected chi connectivity index (χ1v) is 9.47. The molecule has 3 heterocycles. The van der Waals surface area contributed by atoms with Gasteiger partial charge in [0.2, 0.25) is 0 Å². The minimum Gasteiger partial charge on any atom is -0.467 e. The summed E-state index contributed by atoms with van der Waals surface area (Å²) < 4.78 is 11.1. The molecule has 6 heteroatoms. The van der Waals surface area contributed by atoms with Gasteiger partial charge in [0.1, 0.15) is 23.3 Å². The highest BCUT2D eigenvalue weighted by molar-refractivity contribution is 6.01. The van der Waals surface area contributed by atoms with Crippen LogP contribution >= 0.6 is 0 Å². The minimum atomic E-state index is -0.208. The van der Waals surface area contributed by atoms with Crippen LogP contribution in [0, 0.1) is 0 Å². The SMILES string of the molecule is CCN(CC(=O)N1N=C(c2ccco2)CC1c1ccco1)C1CCCC1. The number of amides is 1. The van der Waals surface area contributed by atoms with Crippen LogP contribution < -0.4 is 0 Å². The second-order valence-electron chi connectivity index (χ2n) is 7.00. The van der Waals surface area contributed by atoms with Crippen molar-refractivity contribution in [2.24, 2.45) is 5.10 Å². The highest BCUT2D eigenvalue weighted by Crippen LogP contribution is 2.33. The molecule has 2 aromatic heterocycles. The molecule has 1 atom stereocenters. The molecule has 0 bridgehead atoms. The van der Waals surface area contributed by atoms with Gasteiger partial charge in [-0.2, -0.15) is 5.10 Å². The molecule has 1 fully saturated rings. The van der Waals surface area contributed by atoms with Crippen molar-refractivity contribution < 1.29 is 13.6 Å². The third-order valence-electron chi connectivity index (χ3n) is 5.43. The molecule has 26 heavy (non-hydrogen) atoms. The van der Waals surface area contributed by atoms with Crippen LogP contribution in [0.3, 0.4) is 0 Å². The normalized spacial score (nSPS) is 20.9. The van der Waals surface area contributed by atoms with Crippen LogP contribution in [0.1, 0.15) is 56.6 Å². The van der Waals surface area contributed by atoms with Crippen LogP contribution in [0.2, 0.25) is 0 Å².